The van der Waals surface area contributed by atoms with Gasteiger partial charge in [-0.1, -0.05) is 51.1 Å². The molecule has 0 atom stereocenters. The lowest BCUT2D eigenvalue weighted by molar-refractivity contribution is 0.281. The van der Waals surface area contributed by atoms with E-state index in [-0.39, 0.29) is 34.8 Å². The lowest BCUT2D eigenvalue weighted by Crippen LogP contribution is -2.22. The average Bonchev–Trinajstić information content (AvgIpc) is 2.59. The zero-order valence-electron chi connectivity index (χ0n) is 16.1. The first-order valence-electron chi connectivity index (χ1n) is 8.68. The molecule has 0 heterocycles. The van der Waals surface area contributed by atoms with E-state index in [1.165, 1.54) is 12.1 Å². The molecule has 9 heteroatoms. The van der Waals surface area contributed by atoms with Crippen LogP contribution in [0, 0.1) is 0 Å². The summed E-state index contributed by atoms with van der Waals surface area (Å²) in [5, 5.41) is 14.3. The number of anilines is 1. The summed E-state index contributed by atoms with van der Waals surface area (Å²) in [4.78, 5) is -0.378. The molecule has 0 aliphatic rings. The quantitative estimate of drug-likeness (QED) is 0.625. The van der Waals surface area contributed by atoms with Gasteiger partial charge < -0.3 is 5.11 Å². The van der Waals surface area contributed by atoms with Crippen molar-refractivity contribution >= 4 is 25.7 Å². The Bertz CT molecular complexity index is 1040. The maximum Gasteiger partial charge on any atom is 0.240 e. The van der Waals surface area contributed by atoms with Gasteiger partial charge in [0, 0.05) is 0 Å². The van der Waals surface area contributed by atoms with Gasteiger partial charge in [-0.25, -0.2) is 22.0 Å². The highest BCUT2D eigenvalue weighted by atomic mass is 32.2. The number of primary sulfonamides is 1. The first-order valence-corrected chi connectivity index (χ1v) is 11.9. The molecule has 0 amide bonds. The molecule has 0 unspecified atom stereocenters. The number of aryl methyl sites for hydroxylation is 1. The van der Waals surface area contributed by atoms with Gasteiger partial charge in [0.15, 0.2) is 0 Å². The molecule has 0 radical (unpaired) electrons. The predicted molar refractivity (Wildman–Crippen MR) is 110 cm³/mol. The van der Waals surface area contributed by atoms with Crippen molar-refractivity contribution in [3.63, 3.8) is 0 Å². The molecule has 2 aromatic carbocycles. The highest BCUT2D eigenvalue weighted by molar-refractivity contribution is 7.93. The van der Waals surface area contributed by atoms with E-state index in [9.17, 15) is 16.8 Å². The molecule has 0 saturated carbocycles. The van der Waals surface area contributed by atoms with Gasteiger partial charge in [0.05, 0.1) is 18.0 Å². The highest BCUT2D eigenvalue weighted by Crippen LogP contribution is 2.24. The van der Waals surface area contributed by atoms with Gasteiger partial charge in [-0.2, -0.15) is 0 Å². The minimum absolute atomic E-state index is 0.0109. The minimum atomic E-state index is -4.16. The fourth-order valence-corrected chi connectivity index (χ4v) is 4.55. The third-order valence-corrected chi connectivity index (χ3v) is 6.50. The number of sulfonamides is 2. The molecule has 0 fully saturated rings. The number of nitrogens with one attached hydrogen (secondary N) is 1. The van der Waals surface area contributed by atoms with Crippen LogP contribution >= 0.6 is 0 Å². The van der Waals surface area contributed by atoms with E-state index in [0.29, 0.717) is 5.56 Å². The van der Waals surface area contributed by atoms with Crippen LogP contribution in [0.4, 0.5) is 5.69 Å². The first-order chi connectivity index (χ1) is 12.8. The second-order valence-corrected chi connectivity index (χ2v) is 11.0. The van der Waals surface area contributed by atoms with Crippen molar-refractivity contribution in [1.29, 1.82) is 0 Å². The Balaban J connectivity index is 2.16. The van der Waals surface area contributed by atoms with E-state index in [1.807, 2.05) is 24.3 Å². The summed E-state index contributed by atoms with van der Waals surface area (Å²) in [5.74, 6) is -0.215. The van der Waals surface area contributed by atoms with E-state index in [2.05, 4.69) is 25.5 Å². The second kappa shape index (κ2) is 8.20. The van der Waals surface area contributed by atoms with Crippen molar-refractivity contribution in [2.24, 2.45) is 5.14 Å². The van der Waals surface area contributed by atoms with Crippen LogP contribution in [-0.2, 0) is 38.5 Å². The van der Waals surface area contributed by atoms with Crippen LogP contribution in [0.15, 0.2) is 47.4 Å². The van der Waals surface area contributed by atoms with Gasteiger partial charge in [-0.05, 0) is 40.7 Å². The maximum absolute atomic E-state index is 12.4. The van der Waals surface area contributed by atoms with Crippen molar-refractivity contribution < 1.29 is 21.9 Å². The average molecular weight is 427 g/mol. The topological polar surface area (TPSA) is 127 Å². The summed E-state index contributed by atoms with van der Waals surface area (Å²) >= 11 is 0. The SMILES string of the molecule is CC(C)(C)c1ccc(CCS(=O)(=O)Nc2ccc(CO)cc2S(N)(=O)=O)cc1. The molecule has 0 aliphatic carbocycles. The molecule has 154 valence electrons. The van der Waals surface area contributed by atoms with Crippen molar-refractivity contribution in [3.8, 4) is 0 Å². The van der Waals surface area contributed by atoms with E-state index in [0.717, 1.165) is 17.2 Å². The Morgan fingerprint density at radius 2 is 1.54 bits per heavy atom. The van der Waals surface area contributed by atoms with Crippen LogP contribution in [0.2, 0.25) is 0 Å². The zero-order valence-corrected chi connectivity index (χ0v) is 17.8. The lowest BCUT2D eigenvalue weighted by Gasteiger charge is -2.19. The first kappa shape index (κ1) is 22.4. The summed E-state index contributed by atoms with van der Waals surface area (Å²) in [6, 6.07) is 11.6. The molecular formula is C19H26N2O5S2. The van der Waals surface area contributed by atoms with Crippen molar-refractivity contribution in [3.05, 3.63) is 59.2 Å². The van der Waals surface area contributed by atoms with Gasteiger partial charge in [0.25, 0.3) is 0 Å². The van der Waals surface area contributed by atoms with Crippen LogP contribution < -0.4 is 9.86 Å². The highest BCUT2D eigenvalue weighted by Gasteiger charge is 2.20. The smallest absolute Gasteiger partial charge is 0.240 e. The third-order valence-electron chi connectivity index (χ3n) is 4.28. The van der Waals surface area contributed by atoms with Crippen molar-refractivity contribution in [2.45, 2.75) is 44.1 Å². The molecule has 7 nitrogen and oxygen atoms in total. The van der Waals surface area contributed by atoms with E-state index in [4.69, 9.17) is 10.2 Å². The van der Waals surface area contributed by atoms with E-state index < -0.39 is 20.0 Å². The third kappa shape index (κ3) is 6.03. The maximum atomic E-state index is 12.4. The molecule has 2 aromatic rings. The summed E-state index contributed by atoms with van der Waals surface area (Å²) in [7, 11) is -7.97. The number of hydrogen-bond donors (Lipinski definition) is 3. The normalized spacial score (nSPS) is 12.8. The molecule has 0 spiro atoms. The second-order valence-electron chi connectivity index (χ2n) is 7.65. The molecular weight excluding hydrogens is 400 g/mol. The van der Waals surface area contributed by atoms with Gasteiger partial charge >= 0.3 is 0 Å². The molecule has 0 saturated heterocycles. The number of nitrogens with two attached hydrogens (primary N) is 1. The van der Waals surface area contributed by atoms with Crippen LogP contribution in [-0.4, -0.2) is 27.7 Å². The summed E-state index contributed by atoms with van der Waals surface area (Å²) < 4.78 is 50.7. The van der Waals surface area contributed by atoms with Crippen LogP contribution in [0.1, 0.15) is 37.5 Å². The summed E-state index contributed by atoms with van der Waals surface area (Å²) in [5.41, 5.74) is 2.20. The monoisotopic (exact) mass is 426 g/mol. The fourth-order valence-electron chi connectivity index (χ4n) is 2.63. The molecule has 0 bridgehead atoms. The Morgan fingerprint density at radius 1 is 0.964 bits per heavy atom. The Labute approximate surface area is 166 Å². The van der Waals surface area contributed by atoms with Gasteiger partial charge in [0.1, 0.15) is 4.90 Å². The fraction of sp³-hybridized carbons (Fsp3) is 0.368. The van der Waals surface area contributed by atoms with Crippen molar-refractivity contribution in [2.75, 3.05) is 10.5 Å². The zero-order chi connectivity index (χ0) is 21.2. The molecule has 2 rings (SSSR count). The number of aliphatic hydroxyl groups is 1. The molecule has 0 aliphatic heterocycles. The Kier molecular flexibility index (Phi) is 6.55. The lowest BCUT2D eigenvalue weighted by atomic mass is 9.86. The standard InChI is InChI=1S/C19H26N2O5S2/c1-19(2,3)16-7-4-14(5-8-16)10-11-27(23,24)21-17-9-6-15(13-22)12-18(17)28(20,25)26/h4-9,12,21-22H,10-11,13H2,1-3H3,(H2,20,25,26). The largest absolute Gasteiger partial charge is 0.392 e. The van der Waals surface area contributed by atoms with Crippen LogP contribution in [0.25, 0.3) is 0 Å². The summed E-state index contributed by atoms with van der Waals surface area (Å²) in [6.45, 7) is 5.91. The molecule has 0 aromatic heterocycles. The Hall–Kier alpha value is -1.94. The summed E-state index contributed by atoms with van der Waals surface area (Å²) in [6.07, 6.45) is 0.277. The van der Waals surface area contributed by atoms with Gasteiger partial charge in [0.2, 0.25) is 20.0 Å². The number of aliphatic hydroxyl groups excluding tert-OH is 1. The van der Waals surface area contributed by atoms with Crippen LogP contribution in [0.3, 0.4) is 0 Å². The molecule has 4 N–H and O–H groups in total. The van der Waals surface area contributed by atoms with Gasteiger partial charge in [-0.15, -0.1) is 0 Å². The van der Waals surface area contributed by atoms with E-state index >= 15 is 0 Å². The number of benzene rings is 2. The van der Waals surface area contributed by atoms with E-state index in [1.54, 1.807) is 0 Å². The Morgan fingerprint density at radius 3 is 2.04 bits per heavy atom. The number of hydrogen-bond acceptors (Lipinski definition) is 5. The predicted octanol–water partition coefficient (Wildman–Crippen LogP) is 2.11. The number of rotatable bonds is 7. The molecule has 28 heavy (non-hydrogen) atoms. The van der Waals surface area contributed by atoms with Crippen molar-refractivity contribution in [1.82, 2.24) is 0 Å². The minimum Gasteiger partial charge on any atom is -0.392 e. The van der Waals surface area contributed by atoms with Crippen LogP contribution in [0.5, 0.6) is 0 Å². The van der Waals surface area contributed by atoms with Gasteiger partial charge in [-0.3, -0.25) is 4.72 Å².